The maximum absolute atomic E-state index is 11.9. The molecule has 0 spiro atoms. The molecule has 2 aromatic rings. The molecule has 0 aliphatic carbocycles. The van der Waals surface area contributed by atoms with Crippen molar-refractivity contribution >= 4 is 29.2 Å². The van der Waals surface area contributed by atoms with Gasteiger partial charge in [-0.15, -0.1) is 12.4 Å². The zero-order valence-corrected chi connectivity index (χ0v) is 10.7. The molecule has 0 radical (unpaired) electrons. The Morgan fingerprint density at radius 2 is 2.12 bits per heavy atom. The van der Waals surface area contributed by atoms with Gasteiger partial charge in [0.2, 0.25) is 5.78 Å². The number of rotatable bonds is 4. The Morgan fingerprint density at radius 1 is 1.41 bits per heavy atom. The smallest absolute Gasteiger partial charge is 0.214 e. The van der Waals surface area contributed by atoms with Crippen LogP contribution in [0.3, 0.4) is 0 Å². The number of Topliss-reactive ketones (excluding diaryl/α,β-unsaturated/α-hetero) is 1. The van der Waals surface area contributed by atoms with Crippen molar-refractivity contribution in [3.8, 4) is 0 Å². The highest BCUT2D eigenvalue weighted by atomic mass is 35.5. The number of hydrogen-bond donors (Lipinski definition) is 1. The van der Waals surface area contributed by atoms with Crippen LogP contribution in [0.15, 0.2) is 34.7 Å². The highest BCUT2D eigenvalue weighted by Crippen LogP contribution is 2.19. The molecular formula is C13H16ClNO2. The first-order chi connectivity index (χ1) is 7.72. The highest BCUT2D eigenvalue weighted by molar-refractivity contribution is 6.00. The van der Waals surface area contributed by atoms with Gasteiger partial charge in [-0.1, -0.05) is 25.1 Å². The van der Waals surface area contributed by atoms with Crippen molar-refractivity contribution in [2.45, 2.75) is 19.9 Å². The summed E-state index contributed by atoms with van der Waals surface area (Å²) in [6, 6.07) is 9.22. The van der Waals surface area contributed by atoms with Crippen molar-refractivity contribution in [1.29, 1.82) is 0 Å². The summed E-state index contributed by atoms with van der Waals surface area (Å²) in [5, 5.41) is 4.05. The van der Waals surface area contributed by atoms with Crippen LogP contribution < -0.4 is 5.32 Å². The van der Waals surface area contributed by atoms with Crippen LogP contribution in [0.25, 0.3) is 11.0 Å². The normalized spacial score (nSPS) is 12.1. The summed E-state index contributed by atoms with van der Waals surface area (Å²) in [7, 11) is 0. The summed E-state index contributed by atoms with van der Waals surface area (Å²) < 4.78 is 5.51. The number of halogens is 1. The van der Waals surface area contributed by atoms with E-state index in [1.807, 2.05) is 38.1 Å². The Morgan fingerprint density at radius 3 is 2.76 bits per heavy atom. The summed E-state index contributed by atoms with van der Waals surface area (Å²) in [4.78, 5) is 11.9. The molecule has 92 valence electrons. The molecule has 1 atom stereocenters. The van der Waals surface area contributed by atoms with E-state index in [0.29, 0.717) is 5.76 Å². The van der Waals surface area contributed by atoms with Gasteiger partial charge in [0.25, 0.3) is 0 Å². The molecule has 17 heavy (non-hydrogen) atoms. The molecule has 0 amide bonds. The fourth-order valence-electron chi connectivity index (χ4n) is 1.72. The average molecular weight is 254 g/mol. The molecule has 1 unspecified atom stereocenters. The number of carbonyl (C=O) groups excluding carboxylic acids is 1. The van der Waals surface area contributed by atoms with Gasteiger partial charge in [0.05, 0.1) is 6.04 Å². The lowest BCUT2D eigenvalue weighted by atomic mass is 10.1. The molecule has 4 heteroatoms. The molecule has 0 fully saturated rings. The Hall–Kier alpha value is -1.32. The van der Waals surface area contributed by atoms with E-state index in [1.54, 1.807) is 6.07 Å². The van der Waals surface area contributed by atoms with Gasteiger partial charge in [0, 0.05) is 5.39 Å². The minimum absolute atomic E-state index is 0. The zero-order valence-electron chi connectivity index (χ0n) is 9.90. The minimum atomic E-state index is -0.203. The first-order valence-electron chi connectivity index (χ1n) is 5.48. The van der Waals surface area contributed by atoms with Gasteiger partial charge < -0.3 is 9.73 Å². The van der Waals surface area contributed by atoms with Gasteiger partial charge in [-0.05, 0) is 25.6 Å². The largest absolute Gasteiger partial charge is 0.453 e. The maximum atomic E-state index is 11.9. The Bertz CT molecular complexity index is 474. The summed E-state index contributed by atoms with van der Waals surface area (Å²) >= 11 is 0. The van der Waals surface area contributed by atoms with Crippen molar-refractivity contribution in [2.75, 3.05) is 6.54 Å². The summed E-state index contributed by atoms with van der Waals surface area (Å²) in [6.07, 6.45) is 0. The predicted octanol–water partition coefficient (Wildman–Crippen LogP) is 3.04. The van der Waals surface area contributed by atoms with E-state index in [2.05, 4.69) is 5.32 Å². The second-order valence-corrected chi connectivity index (χ2v) is 3.79. The first kappa shape index (κ1) is 13.7. The Balaban J connectivity index is 0.00000144. The van der Waals surface area contributed by atoms with Gasteiger partial charge in [0.1, 0.15) is 5.58 Å². The lowest BCUT2D eigenvalue weighted by molar-refractivity contribution is 0.0926. The molecule has 2 rings (SSSR count). The van der Waals surface area contributed by atoms with Crippen LogP contribution in [0, 0.1) is 0 Å². The van der Waals surface area contributed by atoms with Crippen LogP contribution >= 0.6 is 12.4 Å². The summed E-state index contributed by atoms with van der Waals surface area (Å²) in [5.41, 5.74) is 0.759. The fraction of sp³-hybridized carbons (Fsp3) is 0.308. The van der Waals surface area contributed by atoms with Gasteiger partial charge in [-0.25, -0.2) is 0 Å². The fourth-order valence-corrected chi connectivity index (χ4v) is 1.72. The number of hydrogen-bond acceptors (Lipinski definition) is 3. The van der Waals surface area contributed by atoms with E-state index in [-0.39, 0.29) is 24.2 Å². The van der Waals surface area contributed by atoms with Crippen molar-refractivity contribution in [2.24, 2.45) is 0 Å². The molecule has 1 N–H and O–H groups in total. The molecule has 0 saturated heterocycles. The third-order valence-electron chi connectivity index (χ3n) is 2.57. The van der Waals surface area contributed by atoms with E-state index < -0.39 is 0 Å². The predicted molar refractivity (Wildman–Crippen MR) is 70.9 cm³/mol. The number of ketones is 1. The molecule has 1 aromatic heterocycles. The van der Waals surface area contributed by atoms with Gasteiger partial charge >= 0.3 is 0 Å². The maximum Gasteiger partial charge on any atom is 0.214 e. The van der Waals surface area contributed by atoms with Crippen LogP contribution in [-0.2, 0) is 0 Å². The van der Waals surface area contributed by atoms with Crippen molar-refractivity contribution in [3.63, 3.8) is 0 Å². The number of benzene rings is 1. The summed E-state index contributed by atoms with van der Waals surface area (Å²) in [5.74, 6) is 0.424. The first-order valence-corrected chi connectivity index (χ1v) is 5.48. The van der Waals surface area contributed by atoms with Crippen molar-refractivity contribution in [1.82, 2.24) is 5.32 Å². The molecule has 0 bridgehead atoms. The number of para-hydroxylation sites is 1. The molecule has 0 aliphatic heterocycles. The third-order valence-corrected chi connectivity index (χ3v) is 2.57. The second kappa shape index (κ2) is 5.84. The van der Waals surface area contributed by atoms with Gasteiger partial charge in [0.15, 0.2) is 5.76 Å². The van der Waals surface area contributed by atoms with Crippen LogP contribution in [0.1, 0.15) is 24.4 Å². The van der Waals surface area contributed by atoms with E-state index in [1.165, 1.54) is 0 Å². The van der Waals surface area contributed by atoms with Crippen LogP contribution in [0.2, 0.25) is 0 Å². The Kier molecular flexibility index (Phi) is 4.73. The Labute approximate surface area is 107 Å². The summed E-state index contributed by atoms with van der Waals surface area (Å²) in [6.45, 7) is 4.59. The van der Waals surface area contributed by atoms with Crippen LogP contribution in [-0.4, -0.2) is 18.4 Å². The number of likely N-dealkylation sites (N-methyl/N-ethyl adjacent to an activating group) is 1. The quantitative estimate of drug-likeness (QED) is 0.852. The molecule has 1 aromatic carbocycles. The number of furan rings is 1. The topological polar surface area (TPSA) is 42.2 Å². The average Bonchev–Trinajstić information content (AvgIpc) is 2.71. The molecule has 3 nitrogen and oxygen atoms in total. The van der Waals surface area contributed by atoms with Crippen molar-refractivity contribution < 1.29 is 9.21 Å². The SMILES string of the molecule is CCNC(C)C(=O)c1cc2ccccc2o1.Cl. The van der Waals surface area contributed by atoms with E-state index >= 15 is 0 Å². The monoisotopic (exact) mass is 253 g/mol. The van der Waals surface area contributed by atoms with E-state index in [4.69, 9.17) is 4.42 Å². The molecule has 0 saturated carbocycles. The lowest BCUT2D eigenvalue weighted by Crippen LogP contribution is -2.33. The van der Waals surface area contributed by atoms with Crippen LogP contribution in [0.5, 0.6) is 0 Å². The molecule has 1 heterocycles. The second-order valence-electron chi connectivity index (χ2n) is 3.79. The number of carbonyl (C=O) groups is 1. The van der Waals surface area contributed by atoms with Crippen LogP contribution in [0.4, 0.5) is 0 Å². The van der Waals surface area contributed by atoms with Gasteiger partial charge in [-0.3, -0.25) is 4.79 Å². The standard InChI is InChI=1S/C13H15NO2.ClH/c1-3-14-9(2)13(15)12-8-10-6-4-5-7-11(10)16-12;/h4-9,14H,3H2,1-2H3;1H. The van der Waals surface area contributed by atoms with Gasteiger partial charge in [-0.2, -0.15) is 0 Å². The lowest BCUT2D eigenvalue weighted by Gasteiger charge is -2.08. The molecular weight excluding hydrogens is 238 g/mol. The number of nitrogens with one attached hydrogen (secondary N) is 1. The van der Waals surface area contributed by atoms with E-state index in [9.17, 15) is 4.79 Å². The van der Waals surface area contributed by atoms with Crippen molar-refractivity contribution in [3.05, 3.63) is 36.1 Å². The zero-order chi connectivity index (χ0) is 11.5. The third kappa shape index (κ3) is 2.87. The van der Waals surface area contributed by atoms with E-state index in [0.717, 1.165) is 17.5 Å². The number of fused-ring (bicyclic) bond motifs is 1. The highest BCUT2D eigenvalue weighted by Gasteiger charge is 2.17. The molecule has 0 aliphatic rings. The minimum Gasteiger partial charge on any atom is -0.453 e.